The predicted molar refractivity (Wildman–Crippen MR) is 117 cm³/mol. The van der Waals surface area contributed by atoms with Gasteiger partial charge in [0.2, 0.25) is 5.92 Å². The fraction of sp³-hybridized carbons (Fsp3) is 0.348. The molecule has 0 spiro atoms. The van der Waals surface area contributed by atoms with Crippen LogP contribution in [-0.2, 0) is 7.05 Å². The number of nitrogens with one attached hydrogen (secondary N) is 1. The van der Waals surface area contributed by atoms with Gasteiger partial charge in [-0.05, 0) is 37.1 Å². The van der Waals surface area contributed by atoms with Crippen molar-refractivity contribution < 1.29 is 13.6 Å². The number of aryl methyl sites for hydroxylation is 2. The minimum atomic E-state index is -2.70. The molecule has 0 bridgehead atoms. The largest absolute Gasteiger partial charge is 0.356 e. The van der Waals surface area contributed by atoms with Crippen LogP contribution in [-0.4, -0.2) is 39.7 Å². The second kappa shape index (κ2) is 8.45. The third-order valence-electron chi connectivity index (χ3n) is 5.47. The number of anilines is 2. The topological polar surface area (TPSA) is 63.1 Å². The monoisotopic (exact) mass is 425 g/mol. The highest BCUT2D eigenvalue weighted by Crippen LogP contribution is 2.33. The number of rotatable bonds is 4. The third-order valence-corrected chi connectivity index (χ3v) is 5.47. The molecule has 8 heteroatoms. The van der Waals surface area contributed by atoms with Gasteiger partial charge < -0.3 is 10.2 Å². The Morgan fingerprint density at radius 3 is 2.65 bits per heavy atom. The Morgan fingerprint density at radius 1 is 1.16 bits per heavy atom. The van der Waals surface area contributed by atoms with Crippen LogP contribution in [0.25, 0.3) is 11.3 Å². The zero-order chi connectivity index (χ0) is 22.0. The Hall–Kier alpha value is -3.29. The number of benzene rings is 1. The van der Waals surface area contributed by atoms with E-state index < -0.39 is 5.92 Å². The summed E-state index contributed by atoms with van der Waals surface area (Å²) in [6.45, 7) is 2.41. The number of pyridine rings is 1. The molecule has 3 heterocycles. The molecular formula is C23H25F2N5O. The average molecular weight is 425 g/mol. The van der Waals surface area contributed by atoms with E-state index in [1.165, 1.54) is 0 Å². The van der Waals surface area contributed by atoms with E-state index in [0.717, 1.165) is 11.1 Å². The lowest BCUT2D eigenvalue weighted by Gasteiger charge is -2.25. The molecule has 1 fully saturated rings. The van der Waals surface area contributed by atoms with Crippen LogP contribution >= 0.6 is 0 Å². The normalized spacial score (nSPS) is 16.1. The first-order chi connectivity index (χ1) is 14.8. The van der Waals surface area contributed by atoms with Crippen LogP contribution < -0.4 is 10.2 Å². The smallest absolute Gasteiger partial charge is 0.259 e. The van der Waals surface area contributed by atoms with Crippen LogP contribution in [0.15, 0.2) is 48.8 Å². The summed E-state index contributed by atoms with van der Waals surface area (Å²) in [6, 6.07) is 11.0. The van der Waals surface area contributed by atoms with Gasteiger partial charge in [0.25, 0.3) is 5.91 Å². The molecule has 1 saturated heterocycles. The first-order valence-corrected chi connectivity index (χ1v) is 10.3. The second-order valence-electron chi connectivity index (χ2n) is 7.94. The van der Waals surface area contributed by atoms with Gasteiger partial charge in [-0.15, -0.1) is 0 Å². The molecule has 0 atom stereocenters. The summed E-state index contributed by atoms with van der Waals surface area (Å²) in [5.41, 5.74) is 3.27. The molecule has 0 aliphatic carbocycles. The van der Waals surface area contributed by atoms with Crippen molar-refractivity contribution in [3.63, 3.8) is 0 Å². The summed E-state index contributed by atoms with van der Waals surface area (Å²) in [5, 5.41) is 7.10. The van der Waals surface area contributed by atoms with E-state index in [9.17, 15) is 13.6 Å². The Balaban J connectivity index is 1.76. The number of halogens is 2. The zero-order valence-electron chi connectivity index (χ0n) is 17.6. The van der Waals surface area contributed by atoms with E-state index >= 15 is 0 Å². The number of carbonyl (C=O) groups excluding carboxylic acids is 1. The second-order valence-corrected chi connectivity index (χ2v) is 7.94. The van der Waals surface area contributed by atoms with Crippen molar-refractivity contribution in [2.75, 3.05) is 23.3 Å². The summed E-state index contributed by atoms with van der Waals surface area (Å²) in [7, 11) is 1.82. The van der Waals surface area contributed by atoms with Gasteiger partial charge in [0.1, 0.15) is 5.82 Å². The molecular weight excluding hydrogens is 400 g/mol. The molecule has 4 rings (SSSR count). The highest BCUT2D eigenvalue weighted by atomic mass is 19.3. The molecule has 1 N–H and O–H groups in total. The lowest BCUT2D eigenvalue weighted by Crippen LogP contribution is -2.30. The summed E-state index contributed by atoms with van der Waals surface area (Å²) >= 11 is 0. The zero-order valence-corrected chi connectivity index (χ0v) is 17.6. The van der Waals surface area contributed by atoms with E-state index in [1.807, 2.05) is 49.3 Å². The summed E-state index contributed by atoms with van der Waals surface area (Å²) in [5.74, 6) is -2.57. The SMILES string of the molecule is Cc1cc(-c2cnn(C)c2)nc(N2CCCC(F)(F)CC2)c1C(=O)Nc1ccccc1. The quantitative estimate of drug-likeness (QED) is 0.660. The summed E-state index contributed by atoms with van der Waals surface area (Å²) in [6.07, 6.45) is 3.46. The maximum Gasteiger partial charge on any atom is 0.259 e. The minimum absolute atomic E-state index is 0.140. The van der Waals surface area contributed by atoms with Gasteiger partial charge in [0, 0.05) is 50.4 Å². The number of para-hydroxylation sites is 1. The van der Waals surface area contributed by atoms with Crippen LogP contribution in [0.1, 0.15) is 35.2 Å². The Labute approximate surface area is 179 Å². The summed E-state index contributed by atoms with van der Waals surface area (Å²) < 4.78 is 29.7. The Morgan fingerprint density at radius 2 is 1.94 bits per heavy atom. The molecule has 0 radical (unpaired) electrons. The standard InChI is InChI=1S/C23H25F2N5O/c1-16-13-19(17-14-26-29(2)15-17)28-21(30-11-6-9-23(24,25)10-12-30)20(16)22(31)27-18-7-4-3-5-8-18/h3-5,7-8,13-15H,6,9-12H2,1-2H3,(H,27,31). The van der Waals surface area contributed by atoms with Crippen LogP contribution in [0.5, 0.6) is 0 Å². The maximum absolute atomic E-state index is 14.0. The van der Waals surface area contributed by atoms with Gasteiger partial charge in [-0.1, -0.05) is 18.2 Å². The molecule has 6 nitrogen and oxygen atoms in total. The first-order valence-electron chi connectivity index (χ1n) is 10.3. The van der Waals surface area contributed by atoms with E-state index in [0.29, 0.717) is 35.7 Å². The van der Waals surface area contributed by atoms with Crippen molar-refractivity contribution in [1.29, 1.82) is 0 Å². The van der Waals surface area contributed by atoms with Gasteiger partial charge in [-0.3, -0.25) is 9.48 Å². The fourth-order valence-corrected chi connectivity index (χ4v) is 3.86. The van der Waals surface area contributed by atoms with E-state index in [4.69, 9.17) is 4.98 Å². The average Bonchev–Trinajstić information content (AvgIpc) is 3.08. The van der Waals surface area contributed by atoms with Crippen molar-refractivity contribution >= 4 is 17.4 Å². The van der Waals surface area contributed by atoms with Crippen LogP contribution in [0.2, 0.25) is 0 Å². The molecule has 31 heavy (non-hydrogen) atoms. The molecule has 3 aromatic rings. The lowest BCUT2D eigenvalue weighted by molar-refractivity contribution is -0.0102. The van der Waals surface area contributed by atoms with E-state index in [1.54, 1.807) is 23.0 Å². The van der Waals surface area contributed by atoms with Gasteiger partial charge in [0.15, 0.2) is 0 Å². The number of aromatic nitrogens is 3. The molecule has 1 aliphatic heterocycles. The number of hydrogen-bond acceptors (Lipinski definition) is 4. The van der Waals surface area contributed by atoms with Gasteiger partial charge in [-0.2, -0.15) is 5.10 Å². The molecule has 1 aliphatic rings. The first kappa shape index (κ1) is 21.0. The minimum Gasteiger partial charge on any atom is -0.356 e. The third kappa shape index (κ3) is 4.73. The van der Waals surface area contributed by atoms with Gasteiger partial charge >= 0.3 is 0 Å². The predicted octanol–water partition coefficient (Wildman–Crippen LogP) is 4.67. The van der Waals surface area contributed by atoms with E-state index in [-0.39, 0.29) is 25.3 Å². The van der Waals surface area contributed by atoms with Crippen molar-refractivity contribution in [3.05, 3.63) is 59.9 Å². The van der Waals surface area contributed by atoms with Crippen molar-refractivity contribution in [1.82, 2.24) is 14.8 Å². The highest BCUT2D eigenvalue weighted by molar-refractivity contribution is 6.09. The molecule has 1 aromatic carbocycles. The fourth-order valence-electron chi connectivity index (χ4n) is 3.86. The number of hydrogen-bond donors (Lipinski definition) is 1. The van der Waals surface area contributed by atoms with Crippen molar-refractivity contribution in [2.45, 2.75) is 32.1 Å². The Bertz CT molecular complexity index is 1080. The maximum atomic E-state index is 14.0. The number of nitrogens with zero attached hydrogens (tertiary/aromatic N) is 4. The Kier molecular flexibility index (Phi) is 5.71. The van der Waals surface area contributed by atoms with Crippen molar-refractivity contribution in [2.24, 2.45) is 7.05 Å². The van der Waals surface area contributed by atoms with Crippen LogP contribution in [0, 0.1) is 6.92 Å². The van der Waals surface area contributed by atoms with Gasteiger partial charge in [0.05, 0.1) is 17.5 Å². The number of amides is 1. The molecule has 0 unspecified atom stereocenters. The summed E-state index contributed by atoms with van der Waals surface area (Å²) in [4.78, 5) is 19.8. The number of alkyl halides is 2. The van der Waals surface area contributed by atoms with E-state index in [2.05, 4.69) is 10.4 Å². The molecule has 1 amide bonds. The number of carbonyl (C=O) groups is 1. The van der Waals surface area contributed by atoms with Crippen molar-refractivity contribution in [3.8, 4) is 11.3 Å². The van der Waals surface area contributed by atoms with Gasteiger partial charge in [-0.25, -0.2) is 13.8 Å². The lowest BCUT2D eigenvalue weighted by atomic mass is 10.1. The van der Waals surface area contributed by atoms with Crippen LogP contribution in [0.4, 0.5) is 20.3 Å². The van der Waals surface area contributed by atoms with Crippen LogP contribution in [0.3, 0.4) is 0 Å². The highest BCUT2D eigenvalue weighted by Gasteiger charge is 2.33. The molecule has 2 aromatic heterocycles. The molecule has 0 saturated carbocycles. The molecule has 162 valence electrons.